The van der Waals surface area contributed by atoms with Gasteiger partial charge in [0.2, 0.25) is 5.91 Å². The Hall–Kier alpha value is -0.690. The highest BCUT2D eigenvalue weighted by atomic mass is 16.5. The van der Waals surface area contributed by atoms with Gasteiger partial charge >= 0.3 is 0 Å². The van der Waals surface area contributed by atoms with Crippen molar-refractivity contribution in [2.75, 3.05) is 46.9 Å². The normalized spacial score (nSPS) is 18.9. The molecule has 0 radical (unpaired) electrons. The van der Waals surface area contributed by atoms with Gasteiger partial charge in [-0.1, -0.05) is 0 Å². The number of methoxy groups -OCH3 is 1. The highest BCUT2D eigenvalue weighted by Crippen LogP contribution is 2.12. The molecule has 1 unspecified atom stereocenters. The predicted octanol–water partition coefficient (Wildman–Crippen LogP) is -0.460. The van der Waals surface area contributed by atoms with E-state index in [4.69, 9.17) is 10.5 Å². The summed E-state index contributed by atoms with van der Waals surface area (Å²) in [5.41, 5.74) is 5.57. The van der Waals surface area contributed by atoms with Crippen LogP contribution in [0.2, 0.25) is 0 Å². The quantitative estimate of drug-likeness (QED) is 0.534. The van der Waals surface area contributed by atoms with Crippen LogP contribution in [0.3, 0.4) is 0 Å². The molecule has 1 fully saturated rings. The van der Waals surface area contributed by atoms with E-state index in [0.29, 0.717) is 18.6 Å². The molecule has 1 aliphatic rings. The van der Waals surface area contributed by atoms with Crippen LogP contribution < -0.4 is 16.4 Å². The Morgan fingerprint density at radius 2 is 2.15 bits per heavy atom. The number of hydrogen-bond acceptors (Lipinski definition) is 5. The zero-order valence-electron chi connectivity index (χ0n) is 12.9. The molecule has 0 aromatic rings. The van der Waals surface area contributed by atoms with E-state index >= 15 is 0 Å². The molecule has 4 N–H and O–H groups in total. The Bertz CT molecular complexity index is 268. The van der Waals surface area contributed by atoms with E-state index in [9.17, 15) is 4.79 Å². The minimum Gasteiger partial charge on any atom is -0.383 e. The number of likely N-dealkylation sites (N-methyl/N-ethyl adjacent to an activating group) is 1. The van der Waals surface area contributed by atoms with Crippen molar-refractivity contribution in [3.63, 3.8) is 0 Å². The average molecular weight is 286 g/mol. The molecular formula is C14H30N4O2. The maximum absolute atomic E-state index is 11.3. The van der Waals surface area contributed by atoms with E-state index in [0.717, 1.165) is 51.9 Å². The third-order valence-electron chi connectivity index (χ3n) is 3.83. The largest absolute Gasteiger partial charge is 0.383 e. The number of ether oxygens (including phenoxy) is 1. The highest BCUT2D eigenvalue weighted by Gasteiger charge is 2.22. The number of nitrogens with zero attached hydrogens (tertiary/aromatic N) is 1. The number of nitrogens with two attached hydrogens (primary N) is 1. The molecule has 0 aliphatic carbocycles. The van der Waals surface area contributed by atoms with Gasteiger partial charge in [-0.05, 0) is 32.2 Å². The summed E-state index contributed by atoms with van der Waals surface area (Å²) in [7, 11) is 3.42. The third kappa shape index (κ3) is 6.65. The number of piperidine rings is 1. The van der Waals surface area contributed by atoms with Crippen molar-refractivity contribution < 1.29 is 9.53 Å². The van der Waals surface area contributed by atoms with Gasteiger partial charge in [0.15, 0.2) is 0 Å². The lowest BCUT2D eigenvalue weighted by Crippen LogP contribution is -2.49. The van der Waals surface area contributed by atoms with Gasteiger partial charge in [-0.15, -0.1) is 0 Å². The first-order valence-electron chi connectivity index (χ1n) is 7.57. The fourth-order valence-corrected chi connectivity index (χ4v) is 2.65. The van der Waals surface area contributed by atoms with Crippen LogP contribution in [0, 0.1) is 0 Å². The van der Waals surface area contributed by atoms with E-state index in [1.807, 2.05) is 0 Å². The van der Waals surface area contributed by atoms with Gasteiger partial charge in [0, 0.05) is 39.3 Å². The first kappa shape index (κ1) is 17.4. The molecule has 0 bridgehead atoms. The fraction of sp³-hybridized carbons (Fsp3) is 0.929. The molecule has 0 spiro atoms. The average Bonchev–Trinajstić information content (AvgIpc) is 2.47. The molecule has 1 amide bonds. The Balaban J connectivity index is 2.27. The van der Waals surface area contributed by atoms with E-state index in [1.165, 1.54) is 0 Å². The van der Waals surface area contributed by atoms with Crippen molar-refractivity contribution in [2.24, 2.45) is 5.73 Å². The van der Waals surface area contributed by atoms with Crippen LogP contribution in [0.5, 0.6) is 0 Å². The molecule has 6 heteroatoms. The standard InChI is InChI=1S/C14H30N4O2/c1-16-14(19)10-18-8-5-12(6-9-18)17-13(11-20-2)4-3-7-15/h12-13,17H,3-11,15H2,1-2H3,(H,16,19). The van der Waals surface area contributed by atoms with Crippen LogP contribution in [0.1, 0.15) is 25.7 Å². The summed E-state index contributed by atoms with van der Waals surface area (Å²) in [5, 5.41) is 6.34. The number of amides is 1. The van der Waals surface area contributed by atoms with Gasteiger partial charge in [0.05, 0.1) is 13.2 Å². The molecule has 1 atom stereocenters. The van der Waals surface area contributed by atoms with Crippen LogP contribution in [-0.4, -0.2) is 69.8 Å². The molecule has 1 saturated heterocycles. The lowest BCUT2D eigenvalue weighted by atomic mass is 10.0. The van der Waals surface area contributed by atoms with Gasteiger partial charge in [-0.25, -0.2) is 0 Å². The molecule has 0 aromatic carbocycles. The second-order valence-electron chi connectivity index (χ2n) is 5.47. The van der Waals surface area contributed by atoms with Crippen LogP contribution in [0.25, 0.3) is 0 Å². The molecule has 1 rings (SSSR count). The summed E-state index contributed by atoms with van der Waals surface area (Å²) in [6.45, 7) is 3.92. The van der Waals surface area contributed by atoms with Gasteiger partial charge in [0.25, 0.3) is 0 Å². The van der Waals surface area contributed by atoms with Crippen molar-refractivity contribution in [2.45, 2.75) is 37.8 Å². The topological polar surface area (TPSA) is 79.6 Å². The second kappa shape index (κ2) is 10.1. The molecule has 20 heavy (non-hydrogen) atoms. The number of carbonyl (C=O) groups excluding carboxylic acids is 1. The van der Waals surface area contributed by atoms with Crippen molar-refractivity contribution in [3.05, 3.63) is 0 Å². The van der Waals surface area contributed by atoms with Gasteiger partial charge in [-0.2, -0.15) is 0 Å². The second-order valence-corrected chi connectivity index (χ2v) is 5.47. The smallest absolute Gasteiger partial charge is 0.233 e. The molecule has 0 saturated carbocycles. The van der Waals surface area contributed by atoms with Crippen molar-refractivity contribution in [1.82, 2.24) is 15.5 Å². The Morgan fingerprint density at radius 1 is 1.45 bits per heavy atom. The summed E-state index contributed by atoms with van der Waals surface area (Å²) >= 11 is 0. The van der Waals surface area contributed by atoms with Crippen LogP contribution in [-0.2, 0) is 9.53 Å². The van der Waals surface area contributed by atoms with Crippen LogP contribution in [0.4, 0.5) is 0 Å². The number of likely N-dealkylation sites (tertiary alicyclic amines) is 1. The predicted molar refractivity (Wildman–Crippen MR) is 80.6 cm³/mol. The minimum atomic E-state index is 0.0941. The Morgan fingerprint density at radius 3 is 2.70 bits per heavy atom. The molecule has 1 aliphatic heterocycles. The summed E-state index contributed by atoms with van der Waals surface area (Å²) in [6, 6.07) is 0.910. The van der Waals surface area contributed by atoms with Gasteiger partial charge in [-0.3, -0.25) is 9.69 Å². The third-order valence-corrected chi connectivity index (χ3v) is 3.83. The monoisotopic (exact) mass is 286 g/mol. The fourth-order valence-electron chi connectivity index (χ4n) is 2.65. The lowest BCUT2D eigenvalue weighted by Gasteiger charge is -2.34. The number of nitrogens with one attached hydrogen (secondary N) is 2. The van der Waals surface area contributed by atoms with E-state index < -0.39 is 0 Å². The molecular weight excluding hydrogens is 256 g/mol. The number of carbonyl (C=O) groups is 1. The minimum absolute atomic E-state index is 0.0941. The summed E-state index contributed by atoms with van der Waals surface area (Å²) < 4.78 is 5.26. The molecule has 0 aromatic heterocycles. The van der Waals surface area contributed by atoms with Crippen molar-refractivity contribution >= 4 is 5.91 Å². The first-order valence-corrected chi connectivity index (χ1v) is 7.57. The number of rotatable bonds is 9. The summed E-state index contributed by atoms with van der Waals surface area (Å²) in [6.07, 6.45) is 4.25. The molecule has 118 valence electrons. The Kier molecular flexibility index (Phi) is 8.77. The number of hydrogen-bond donors (Lipinski definition) is 3. The SMILES string of the molecule is CNC(=O)CN1CCC(NC(CCCN)COC)CC1. The van der Waals surface area contributed by atoms with Gasteiger partial charge < -0.3 is 21.1 Å². The highest BCUT2D eigenvalue weighted by molar-refractivity contribution is 5.77. The van der Waals surface area contributed by atoms with E-state index in [1.54, 1.807) is 14.2 Å². The lowest BCUT2D eigenvalue weighted by molar-refractivity contribution is -0.122. The van der Waals surface area contributed by atoms with E-state index in [2.05, 4.69) is 15.5 Å². The maximum atomic E-state index is 11.3. The van der Waals surface area contributed by atoms with Gasteiger partial charge in [0.1, 0.15) is 0 Å². The Labute approximate surface area is 122 Å². The zero-order chi connectivity index (χ0) is 14.8. The maximum Gasteiger partial charge on any atom is 0.233 e. The van der Waals surface area contributed by atoms with Crippen molar-refractivity contribution in [3.8, 4) is 0 Å². The summed E-state index contributed by atoms with van der Waals surface area (Å²) in [4.78, 5) is 13.6. The van der Waals surface area contributed by atoms with E-state index in [-0.39, 0.29) is 5.91 Å². The van der Waals surface area contributed by atoms with Crippen LogP contribution >= 0.6 is 0 Å². The van der Waals surface area contributed by atoms with Crippen LogP contribution in [0.15, 0.2) is 0 Å². The molecule has 6 nitrogen and oxygen atoms in total. The zero-order valence-corrected chi connectivity index (χ0v) is 12.9. The first-order chi connectivity index (χ1) is 9.69. The molecule has 1 heterocycles. The van der Waals surface area contributed by atoms with Crippen molar-refractivity contribution in [1.29, 1.82) is 0 Å². The summed E-state index contributed by atoms with van der Waals surface area (Å²) in [5.74, 6) is 0.0941.